The highest BCUT2D eigenvalue weighted by Gasteiger charge is 2.27. The van der Waals surface area contributed by atoms with Crippen LogP contribution < -0.4 is 5.32 Å². The Balaban J connectivity index is 2.35. The van der Waals surface area contributed by atoms with Gasteiger partial charge in [0.05, 0.1) is 5.69 Å². The third-order valence-corrected chi connectivity index (χ3v) is 3.12. The molecule has 1 fully saturated rings. The molecule has 4 nitrogen and oxygen atoms in total. The first-order valence-electron chi connectivity index (χ1n) is 5.44. The second-order valence-corrected chi connectivity index (χ2v) is 4.11. The first-order valence-corrected chi connectivity index (χ1v) is 5.44. The molecule has 2 heterocycles. The highest BCUT2D eigenvalue weighted by Crippen LogP contribution is 2.28. The number of rotatable bonds is 2. The molecular weight excluding hydrogens is 190 g/mol. The van der Waals surface area contributed by atoms with Crippen LogP contribution in [0.4, 0.5) is 0 Å². The van der Waals surface area contributed by atoms with E-state index >= 15 is 0 Å². The molecule has 0 aromatic carbocycles. The quantitative estimate of drug-likeness (QED) is 0.790. The normalized spacial score (nSPS) is 20.7. The molecule has 82 valence electrons. The number of hydrogen-bond donors (Lipinski definition) is 1. The van der Waals surface area contributed by atoms with Crippen molar-refractivity contribution in [2.45, 2.75) is 39.7 Å². The van der Waals surface area contributed by atoms with E-state index in [9.17, 15) is 4.79 Å². The van der Waals surface area contributed by atoms with Crippen LogP contribution in [0.3, 0.4) is 0 Å². The second kappa shape index (κ2) is 3.68. The van der Waals surface area contributed by atoms with Crippen LogP contribution in [0.15, 0.2) is 0 Å². The van der Waals surface area contributed by atoms with Crippen molar-refractivity contribution in [2.75, 3.05) is 6.54 Å². The Bertz CT molecular complexity index is 395. The number of aryl methyl sites for hydroxylation is 2. The Morgan fingerprint density at radius 1 is 1.53 bits per heavy atom. The van der Waals surface area contributed by atoms with Gasteiger partial charge in [0.1, 0.15) is 0 Å². The maximum atomic E-state index is 11.2. The van der Waals surface area contributed by atoms with E-state index < -0.39 is 0 Å². The van der Waals surface area contributed by atoms with Crippen LogP contribution in [0.2, 0.25) is 0 Å². The molecule has 4 heteroatoms. The number of aromatic nitrogens is 2. The van der Waals surface area contributed by atoms with Gasteiger partial charge in [-0.1, -0.05) is 0 Å². The summed E-state index contributed by atoms with van der Waals surface area (Å²) < 4.78 is 2.01. The Morgan fingerprint density at radius 2 is 2.27 bits per heavy atom. The molecule has 1 amide bonds. The average molecular weight is 207 g/mol. The topological polar surface area (TPSA) is 46.9 Å². The van der Waals surface area contributed by atoms with Crippen molar-refractivity contribution >= 4 is 5.91 Å². The number of amides is 1. The van der Waals surface area contributed by atoms with Crippen LogP contribution in [-0.4, -0.2) is 22.2 Å². The first kappa shape index (κ1) is 10.2. The van der Waals surface area contributed by atoms with Crippen LogP contribution in [0, 0.1) is 13.8 Å². The van der Waals surface area contributed by atoms with Crippen LogP contribution in [0.25, 0.3) is 0 Å². The summed E-state index contributed by atoms with van der Waals surface area (Å²) in [5.41, 5.74) is 3.53. The van der Waals surface area contributed by atoms with Crippen molar-refractivity contribution in [3.8, 4) is 0 Å². The zero-order valence-corrected chi connectivity index (χ0v) is 9.50. The number of carbonyl (C=O) groups is 1. The summed E-state index contributed by atoms with van der Waals surface area (Å²) in [6, 6.07) is 0. The molecule has 1 N–H and O–H groups in total. The Hall–Kier alpha value is -1.32. The SMILES string of the molecule is CCn1nc(C)c(C2CNC(=O)C2)c1C. The summed E-state index contributed by atoms with van der Waals surface area (Å²) in [6.07, 6.45) is 0.608. The van der Waals surface area contributed by atoms with E-state index in [1.54, 1.807) is 0 Å². The van der Waals surface area contributed by atoms with Gasteiger partial charge in [0, 0.05) is 36.7 Å². The second-order valence-electron chi connectivity index (χ2n) is 4.11. The van der Waals surface area contributed by atoms with E-state index in [2.05, 4.69) is 24.3 Å². The molecule has 1 aromatic heterocycles. The van der Waals surface area contributed by atoms with E-state index in [0.29, 0.717) is 12.3 Å². The lowest BCUT2D eigenvalue weighted by atomic mass is 9.96. The molecule has 2 rings (SSSR count). The molecule has 15 heavy (non-hydrogen) atoms. The van der Waals surface area contributed by atoms with Crippen molar-refractivity contribution in [1.29, 1.82) is 0 Å². The Kier molecular flexibility index (Phi) is 2.50. The van der Waals surface area contributed by atoms with Gasteiger partial charge in [0.15, 0.2) is 0 Å². The number of carbonyl (C=O) groups excluding carboxylic acids is 1. The predicted molar refractivity (Wildman–Crippen MR) is 57.7 cm³/mol. The molecule has 0 radical (unpaired) electrons. The third-order valence-electron chi connectivity index (χ3n) is 3.12. The molecule has 1 aromatic rings. The van der Waals surface area contributed by atoms with Crippen LogP contribution in [-0.2, 0) is 11.3 Å². The van der Waals surface area contributed by atoms with Crippen LogP contribution >= 0.6 is 0 Å². The van der Waals surface area contributed by atoms with Gasteiger partial charge in [-0.15, -0.1) is 0 Å². The fourth-order valence-corrected chi connectivity index (χ4v) is 2.42. The molecule has 1 saturated heterocycles. The molecular formula is C11H17N3O. The average Bonchev–Trinajstić information content (AvgIpc) is 2.71. The summed E-state index contributed by atoms with van der Waals surface area (Å²) >= 11 is 0. The summed E-state index contributed by atoms with van der Waals surface area (Å²) in [5, 5.41) is 7.35. The minimum absolute atomic E-state index is 0.156. The summed E-state index contributed by atoms with van der Waals surface area (Å²) in [4.78, 5) is 11.2. The molecule has 1 aliphatic rings. The number of nitrogens with one attached hydrogen (secondary N) is 1. The Labute approximate surface area is 89.7 Å². The number of hydrogen-bond acceptors (Lipinski definition) is 2. The van der Waals surface area contributed by atoms with Crippen molar-refractivity contribution < 1.29 is 4.79 Å². The van der Waals surface area contributed by atoms with Gasteiger partial charge in [0.25, 0.3) is 0 Å². The molecule has 0 spiro atoms. The molecule has 0 aliphatic carbocycles. The van der Waals surface area contributed by atoms with Crippen molar-refractivity contribution in [1.82, 2.24) is 15.1 Å². The van der Waals surface area contributed by atoms with Gasteiger partial charge < -0.3 is 5.32 Å². The Morgan fingerprint density at radius 3 is 2.73 bits per heavy atom. The molecule has 1 aliphatic heterocycles. The van der Waals surface area contributed by atoms with Crippen molar-refractivity contribution in [3.63, 3.8) is 0 Å². The zero-order valence-electron chi connectivity index (χ0n) is 9.50. The minimum Gasteiger partial charge on any atom is -0.355 e. The molecule has 0 bridgehead atoms. The van der Waals surface area contributed by atoms with Gasteiger partial charge in [0.2, 0.25) is 5.91 Å². The molecule has 1 unspecified atom stereocenters. The van der Waals surface area contributed by atoms with Crippen molar-refractivity contribution in [3.05, 3.63) is 17.0 Å². The lowest BCUT2D eigenvalue weighted by Gasteiger charge is -2.08. The van der Waals surface area contributed by atoms with E-state index in [1.807, 2.05) is 11.6 Å². The largest absolute Gasteiger partial charge is 0.355 e. The lowest BCUT2D eigenvalue weighted by molar-refractivity contribution is -0.119. The zero-order chi connectivity index (χ0) is 11.0. The van der Waals surface area contributed by atoms with E-state index in [4.69, 9.17) is 0 Å². The smallest absolute Gasteiger partial charge is 0.220 e. The standard InChI is InChI=1S/C11H17N3O/c1-4-14-8(3)11(7(2)13-14)9-5-10(15)12-6-9/h9H,4-6H2,1-3H3,(H,12,15). The first-order chi connectivity index (χ1) is 7.13. The van der Waals surface area contributed by atoms with Gasteiger partial charge in [-0.3, -0.25) is 9.48 Å². The summed E-state index contributed by atoms with van der Waals surface area (Å²) in [6.45, 7) is 7.84. The highest BCUT2D eigenvalue weighted by atomic mass is 16.1. The fraction of sp³-hybridized carbons (Fsp3) is 0.636. The van der Waals surface area contributed by atoms with Gasteiger partial charge >= 0.3 is 0 Å². The van der Waals surface area contributed by atoms with Crippen molar-refractivity contribution in [2.24, 2.45) is 0 Å². The van der Waals surface area contributed by atoms with Gasteiger partial charge in [-0.2, -0.15) is 5.10 Å². The number of nitrogens with zero attached hydrogens (tertiary/aromatic N) is 2. The van der Waals surface area contributed by atoms with E-state index in [-0.39, 0.29) is 5.91 Å². The monoisotopic (exact) mass is 207 g/mol. The maximum absolute atomic E-state index is 11.2. The fourth-order valence-electron chi connectivity index (χ4n) is 2.42. The van der Waals surface area contributed by atoms with Gasteiger partial charge in [-0.05, 0) is 20.8 Å². The third kappa shape index (κ3) is 1.64. The van der Waals surface area contributed by atoms with Crippen LogP contribution in [0.5, 0.6) is 0 Å². The molecule has 1 atom stereocenters. The van der Waals surface area contributed by atoms with E-state index in [0.717, 1.165) is 18.8 Å². The minimum atomic E-state index is 0.156. The summed E-state index contributed by atoms with van der Waals surface area (Å²) in [5.74, 6) is 0.473. The molecule has 0 saturated carbocycles. The highest BCUT2D eigenvalue weighted by molar-refractivity contribution is 5.79. The maximum Gasteiger partial charge on any atom is 0.220 e. The van der Waals surface area contributed by atoms with E-state index in [1.165, 1.54) is 11.3 Å². The lowest BCUT2D eigenvalue weighted by Crippen LogP contribution is -2.13. The predicted octanol–water partition coefficient (Wildman–Crippen LogP) is 1.12. The van der Waals surface area contributed by atoms with Gasteiger partial charge in [-0.25, -0.2) is 0 Å². The van der Waals surface area contributed by atoms with Crippen LogP contribution in [0.1, 0.15) is 36.2 Å². The summed E-state index contributed by atoms with van der Waals surface area (Å²) in [7, 11) is 0.